The van der Waals surface area contributed by atoms with Gasteiger partial charge >= 0.3 is 0 Å². The highest BCUT2D eigenvalue weighted by molar-refractivity contribution is 5.91. The fourth-order valence-corrected chi connectivity index (χ4v) is 5.01. The molecule has 0 aliphatic carbocycles. The van der Waals surface area contributed by atoms with Crippen LogP contribution in [0.15, 0.2) is 54.3 Å². The smallest absolute Gasteiger partial charge is 0.288 e. The number of amides is 1. The van der Waals surface area contributed by atoms with Crippen molar-refractivity contribution >= 4 is 5.91 Å². The summed E-state index contributed by atoms with van der Waals surface area (Å²) in [6, 6.07) is 13.7. The van der Waals surface area contributed by atoms with Crippen LogP contribution in [-0.4, -0.2) is 60.1 Å². The van der Waals surface area contributed by atoms with E-state index in [0.29, 0.717) is 31.9 Å². The summed E-state index contributed by atoms with van der Waals surface area (Å²) in [4.78, 5) is 17.8. The first-order valence-corrected chi connectivity index (χ1v) is 13.4. The maximum atomic E-state index is 13.5. The number of hydrogen-bond acceptors (Lipinski definition) is 7. The van der Waals surface area contributed by atoms with Crippen molar-refractivity contribution in [1.29, 1.82) is 0 Å². The lowest BCUT2D eigenvalue weighted by atomic mass is 9.77. The Balaban J connectivity index is 1.18. The predicted octanol–water partition coefficient (Wildman–Crippen LogP) is 4.06. The van der Waals surface area contributed by atoms with Crippen LogP contribution >= 0.6 is 0 Å². The standard InChI is InChI=1S/C30H38N2O6/c1-30(2,3)24-15-27(38-28(16-24)35-19-22-6-4-21(18-33)5-7-22)29(34)32-12-10-31(11-13-32)17-23-8-9-25-26(14-23)37-20-36-25/h4-9,14-15,24,28,33H,10-13,16-20H2,1-3H3/t24-,28+/m0/s1. The first-order chi connectivity index (χ1) is 18.3. The number of aliphatic hydroxyl groups excluding tert-OH is 1. The van der Waals surface area contributed by atoms with Crippen molar-refractivity contribution in [3.63, 3.8) is 0 Å². The first-order valence-electron chi connectivity index (χ1n) is 13.4. The lowest BCUT2D eigenvalue weighted by Gasteiger charge is -2.39. The second kappa shape index (κ2) is 11.4. The third-order valence-electron chi connectivity index (χ3n) is 7.52. The fourth-order valence-electron chi connectivity index (χ4n) is 5.01. The molecule has 0 radical (unpaired) electrons. The molecular formula is C30H38N2O6. The summed E-state index contributed by atoms with van der Waals surface area (Å²) in [5.41, 5.74) is 3.01. The Morgan fingerprint density at radius 2 is 1.66 bits per heavy atom. The highest BCUT2D eigenvalue weighted by Crippen LogP contribution is 2.37. The summed E-state index contributed by atoms with van der Waals surface area (Å²) >= 11 is 0. The summed E-state index contributed by atoms with van der Waals surface area (Å²) in [6.07, 6.45) is 2.20. The Hall–Kier alpha value is -3.07. The fraction of sp³-hybridized carbons (Fsp3) is 0.500. The Morgan fingerprint density at radius 3 is 2.37 bits per heavy atom. The second-order valence-corrected chi connectivity index (χ2v) is 11.3. The van der Waals surface area contributed by atoms with E-state index >= 15 is 0 Å². The molecule has 38 heavy (non-hydrogen) atoms. The summed E-state index contributed by atoms with van der Waals surface area (Å²) in [7, 11) is 0. The molecule has 0 bridgehead atoms. The molecule has 3 heterocycles. The number of hydrogen-bond donors (Lipinski definition) is 1. The summed E-state index contributed by atoms with van der Waals surface area (Å²) in [6.45, 7) is 10.9. The van der Waals surface area contributed by atoms with Gasteiger partial charge in [-0.05, 0) is 46.2 Å². The van der Waals surface area contributed by atoms with Crippen LogP contribution < -0.4 is 9.47 Å². The van der Waals surface area contributed by atoms with Gasteiger partial charge in [0.05, 0.1) is 13.2 Å². The van der Waals surface area contributed by atoms with Crippen molar-refractivity contribution < 1.29 is 28.8 Å². The molecule has 0 unspecified atom stereocenters. The van der Waals surface area contributed by atoms with Crippen LogP contribution in [0.5, 0.6) is 11.5 Å². The minimum atomic E-state index is -0.493. The molecule has 5 rings (SSSR count). The van der Waals surface area contributed by atoms with Crippen LogP contribution in [0, 0.1) is 11.3 Å². The zero-order valence-electron chi connectivity index (χ0n) is 22.5. The lowest BCUT2D eigenvalue weighted by molar-refractivity contribution is -0.162. The molecule has 0 aromatic heterocycles. The first kappa shape index (κ1) is 26.5. The Kier molecular flexibility index (Phi) is 7.93. The largest absolute Gasteiger partial charge is 0.459 e. The van der Waals surface area contributed by atoms with Crippen molar-refractivity contribution in [2.75, 3.05) is 33.0 Å². The van der Waals surface area contributed by atoms with E-state index in [1.807, 2.05) is 47.4 Å². The van der Waals surface area contributed by atoms with Crippen molar-refractivity contribution in [2.45, 2.75) is 53.2 Å². The number of ether oxygens (including phenoxy) is 4. The molecule has 3 aliphatic rings. The number of piperazine rings is 1. The van der Waals surface area contributed by atoms with Gasteiger partial charge in [0, 0.05) is 39.1 Å². The van der Waals surface area contributed by atoms with E-state index in [1.54, 1.807) is 0 Å². The molecule has 2 aromatic rings. The second-order valence-electron chi connectivity index (χ2n) is 11.3. The molecule has 8 nitrogen and oxygen atoms in total. The molecule has 0 spiro atoms. The van der Waals surface area contributed by atoms with Crippen LogP contribution in [0.4, 0.5) is 0 Å². The Morgan fingerprint density at radius 1 is 0.974 bits per heavy atom. The predicted molar refractivity (Wildman–Crippen MR) is 142 cm³/mol. The molecule has 1 fully saturated rings. The van der Waals surface area contributed by atoms with Gasteiger partial charge in [0.25, 0.3) is 5.91 Å². The zero-order chi connectivity index (χ0) is 26.7. The molecule has 1 amide bonds. The van der Waals surface area contributed by atoms with Gasteiger partial charge in [-0.25, -0.2) is 0 Å². The van der Waals surface area contributed by atoms with E-state index in [4.69, 9.17) is 18.9 Å². The molecule has 1 saturated heterocycles. The minimum Gasteiger partial charge on any atom is -0.459 e. The average Bonchev–Trinajstić information content (AvgIpc) is 3.39. The molecular weight excluding hydrogens is 484 g/mol. The van der Waals surface area contributed by atoms with Gasteiger partial charge in [0.15, 0.2) is 17.3 Å². The van der Waals surface area contributed by atoms with Crippen molar-refractivity contribution in [3.05, 3.63) is 71.0 Å². The van der Waals surface area contributed by atoms with Crippen LogP contribution in [-0.2, 0) is 34.0 Å². The number of nitrogens with zero attached hydrogens (tertiary/aromatic N) is 2. The molecule has 8 heteroatoms. The molecule has 3 aliphatic heterocycles. The van der Waals surface area contributed by atoms with E-state index in [0.717, 1.165) is 42.3 Å². The molecule has 2 aromatic carbocycles. The number of benzene rings is 2. The van der Waals surface area contributed by atoms with E-state index in [2.05, 4.69) is 31.7 Å². The van der Waals surface area contributed by atoms with Crippen molar-refractivity contribution in [1.82, 2.24) is 9.80 Å². The van der Waals surface area contributed by atoms with E-state index < -0.39 is 6.29 Å². The maximum absolute atomic E-state index is 13.5. The highest BCUT2D eigenvalue weighted by Gasteiger charge is 2.36. The van der Waals surface area contributed by atoms with Gasteiger partial charge in [0.2, 0.25) is 13.1 Å². The summed E-state index contributed by atoms with van der Waals surface area (Å²) in [5, 5.41) is 9.26. The normalized spacial score (nSPS) is 21.7. The lowest BCUT2D eigenvalue weighted by Crippen LogP contribution is -2.49. The number of carbonyl (C=O) groups excluding carboxylic acids is 1. The maximum Gasteiger partial charge on any atom is 0.288 e. The summed E-state index contributed by atoms with van der Waals surface area (Å²) in [5.74, 6) is 2.07. The van der Waals surface area contributed by atoms with Crippen LogP contribution in [0.25, 0.3) is 0 Å². The molecule has 1 N–H and O–H groups in total. The van der Waals surface area contributed by atoms with Crippen LogP contribution in [0.1, 0.15) is 43.9 Å². The number of aliphatic hydroxyl groups is 1. The number of rotatable bonds is 7. The topological polar surface area (TPSA) is 80.7 Å². The van der Waals surface area contributed by atoms with E-state index in [9.17, 15) is 9.90 Å². The SMILES string of the molecule is CC(C)(C)[C@H]1C=C(C(=O)N2CCN(Cc3ccc4c(c3)OCO4)CC2)O[C@@H](OCc2ccc(CO)cc2)C1. The van der Waals surface area contributed by atoms with Gasteiger partial charge in [-0.2, -0.15) is 0 Å². The van der Waals surface area contributed by atoms with Crippen molar-refractivity contribution in [2.24, 2.45) is 11.3 Å². The molecule has 0 saturated carbocycles. The Labute approximate surface area is 224 Å². The van der Waals surface area contributed by atoms with Gasteiger partial charge in [-0.15, -0.1) is 0 Å². The summed E-state index contributed by atoms with van der Waals surface area (Å²) < 4.78 is 23.2. The van der Waals surface area contributed by atoms with Gasteiger partial charge in [-0.1, -0.05) is 51.1 Å². The quantitative estimate of drug-likeness (QED) is 0.587. The van der Waals surface area contributed by atoms with Crippen molar-refractivity contribution in [3.8, 4) is 11.5 Å². The molecule has 2 atom stereocenters. The average molecular weight is 523 g/mol. The van der Waals surface area contributed by atoms with Crippen LogP contribution in [0.2, 0.25) is 0 Å². The van der Waals surface area contributed by atoms with Crippen LogP contribution in [0.3, 0.4) is 0 Å². The number of allylic oxidation sites excluding steroid dienone is 1. The number of carbonyl (C=O) groups is 1. The van der Waals surface area contributed by atoms with Gasteiger partial charge in [-0.3, -0.25) is 9.69 Å². The monoisotopic (exact) mass is 522 g/mol. The third kappa shape index (κ3) is 6.31. The van der Waals surface area contributed by atoms with Gasteiger partial charge in [0.1, 0.15) is 0 Å². The molecule has 204 valence electrons. The van der Waals surface area contributed by atoms with E-state index in [1.165, 1.54) is 5.56 Å². The number of fused-ring (bicyclic) bond motifs is 1. The van der Waals surface area contributed by atoms with E-state index in [-0.39, 0.29) is 30.6 Å². The van der Waals surface area contributed by atoms with Gasteiger partial charge < -0.3 is 29.0 Å². The Bertz CT molecular complexity index is 1150. The third-order valence-corrected chi connectivity index (χ3v) is 7.52. The minimum absolute atomic E-state index is 0.0169. The highest BCUT2D eigenvalue weighted by atomic mass is 16.7. The zero-order valence-corrected chi connectivity index (χ0v) is 22.5.